The van der Waals surface area contributed by atoms with E-state index >= 15 is 0 Å². The van der Waals surface area contributed by atoms with Crippen molar-refractivity contribution in [2.75, 3.05) is 6.67 Å². The van der Waals surface area contributed by atoms with Crippen molar-refractivity contribution in [1.82, 2.24) is 9.78 Å². The zero-order valence-electron chi connectivity index (χ0n) is 8.18. The molecular weight excluding hydrogens is 228 g/mol. The highest BCUT2D eigenvalue weighted by Gasteiger charge is 2.37. The van der Waals surface area contributed by atoms with Gasteiger partial charge in [0.1, 0.15) is 6.67 Å². The van der Waals surface area contributed by atoms with Gasteiger partial charge in [0.05, 0.1) is 12.4 Å². The quantitative estimate of drug-likeness (QED) is 0.472. The summed E-state index contributed by atoms with van der Waals surface area (Å²) >= 11 is 0. The van der Waals surface area contributed by atoms with Crippen molar-refractivity contribution in [2.45, 2.75) is 19.1 Å². The maximum absolute atomic E-state index is 12.5. The van der Waals surface area contributed by atoms with Gasteiger partial charge in [0.25, 0.3) is 0 Å². The molecule has 0 saturated heterocycles. The molecule has 3 N–H and O–H groups in total. The number of nitrogens with zero attached hydrogens (tertiary/aromatic N) is 2. The Hall–Kier alpha value is -1.60. The van der Waals surface area contributed by atoms with Gasteiger partial charge in [-0.3, -0.25) is 10.1 Å². The Kier molecular flexibility index (Phi) is 3.51. The molecule has 0 aromatic carbocycles. The molecule has 0 spiro atoms. The van der Waals surface area contributed by atoms with E-state index in [0.717, 1.165) is 10.9 Å². The lowest BCUT2D eigenvalue weighted by atomic mass is 10.1. The molecule has 1 heterocycles. The van der Waals surface area contributed by atoms with Crippen LogP contribution < -0.4 is 5.73 Å². The standard InChI is InChI=1S/C8H10F4N4/c9-1-2-16-4-5(3-6(13)14)7(15-16)8(10,11)12/h4H,1-3H2,(H3,13,14). The summed E-state index contributed by atoms with van der Waals surface area (Å²) in [4.78, 5) is 0. The van der Waals surface area contributed by atoms with Crippen molar-refractivity contribution < 1.29 is 17.6 Å². The monoisotopic (exact) mass is 238 g/mol. The molecule has 1 rings (SSSR count). The predicted octanol–water partition coefficient (Wildman–Crippen LogP) is 1.35. The summed E-state index contributed by atoms with van der Waals surface area (Å²) in [7, 11) is 0. The van der Waals surface area contributed by atoms with E-state index in [2.05, 4.69) is 5.10 Å². The van der Waals surface area contributed by atoms with E-state index in [4.69, 9.17) is 11.1 Å². The molecule has 1 aromatic heterocycles. The Bertz CT molecular complexity index is 382. The molecule has 1 aromatic rings. The minimum Gasteiger partial charge on any atom is -0.387 e. The van der Waals surface area contributed by atoms with Crippen molar-refractivity contribution in [3.05, 3.63) is 17.5 Å². The van der Waals surface area contributed by atoms with Crippen LogP contribution in [0.4, 0.5) is 17.6 Å². The largest absolute Gasteiger partial charge is 0.435 e. The number of amidine groups is 1. The van der Waals surface area contributed by atoms with Crippen LogP contribution in [0.3, 0.4) is 0 Å². The van der Waals surface area contributed by atoms with E-state index in [1.807, 2.05) is 0 Å². The van der Waals surface area contributed by atoms with Gasteiger partial charge in [-0.25, -0.2) is 4.39 Å². The zero-order chi connectivity index (χ0) is 12.3. The SMILES string of the molecule is N=C(N)Cc1cn(CCF)nc1C(F)(F)F. The highest BCUT2D eigenvalue weighted by atomic mass is 19.4. The number of rotatable bonds is 4. The molecule has 0 aliphatic rings. The first-order valence-electron chi connectivity index (χ1n) is 4.37. The van der Waals surface area contributed by atoms with E-state index in [9.17, 15) is 17.6 Å². The fourth-order valence-electron chi connectivity index (χ4n) is 1.24. The van der Waals surface area contributed by atoms with Crippen LogP contribution in [0.15, 0.2) is 6.20 Å². The third-order valence-corrected chi connectivity index (χ3v) is 1.80. The van der Waals surface area contributed by atoms with Crippen LogP contribution in [0.2, 0.25) is 0 Å². The van der Waals surface area contributed by atoms with Gasteiger partial charge in [0, 0.05) is 18.2 Å². The summed E-state index contributed by atoms with van der Waals surface area (Å²) in [5, 5.41) is 10.2. The molecule has 0 aliphatic carbocycles. The van der Waals surface area contributed by atoms with E-state index in [1.54, 1.807) is 0 Å². The van der Waals surface area contributed by atoms with Crippen LogP contribution in [0.1, 0.15) is 11.3 Å². The van der Waals surface area contributed by atoms with Gasteiger partial charge < -0.3 is 5.73 Å². The number of alkyl halides is 4. The molecular formula is C8H10F4N4. The minimum atomic E-state index is -4.62. The number of hydrogen-bond acceptors (Lipinski definition) is 2. The van der Waals surface area contributed by atoms with E-state index in [1.165, 1.54) is 0 Å². The molecule has 90 valence electrons. The lowest BCUT2D eigenvalue weighted by molar-refractivity contribution is -0.142. The number of halogens is 4. The van der Waals surface area contributed by atoms with Crippen LogP contribution in [-0.4, -0.2) is 22.3 Å². The van der Waals surface area contributed by atoms with Crippen LogP contribution >= 0.6 is 0 Å². The average molecular weight is 238 g/mol. The van der Waals surface area contributed by atoms with Crippen molar-refractivity contribution in [2.24, 2.45) is 5.73 Å². The molecule has 0 saturated carbocycles. The molecule has 0 unspecified atom stereocenters. The molecule has 0 fully saturated rings. The normalized spacial score (nSPS) is 11.8. The average Bonchev–Trinajstić information content (AvgIpc) is 2.46. The molecule has 0 atom stereocenters. The summed E-state index contributed by atoms with van der Waals surface area (Å²) in [6, 6.07) is 0. The van der Waals surface area contributed by atoms with Crippen molar-refractivity contribution in [3.8, 4) is 0 Å². The van der Waals surface area contributed by atoms with Crippen molar-refractivity contribution in [3.63, 3.8) is 0 Å². The second kappa shape index (κ2) is 4.50. The van der Waals surface area contributed by atoms with Gasteiger partial charge in [-0.1, -0.05) is 0 Å². The Morgan fingerprint density at radius 3 is 2.56 bits per heavy atom. The van der Waals surface area contributed by atoms with Crippen LogP contribution in [-0.2, 0) is 19.1 Å². The fourth-order valence-corrected chi connectivity index (χ4v) is 1.24. The first-order valence-corrected chi connectivity index (χ1v) is 4.37. The number of nitrogens with one attached hydrogen (secondary N) is 1. The molecule has 4 nitrogen and oxygen atoms in total. The third kappa shape index (κ3) is 2.94. The lowest BCUT2D eigenvalue weighted by Crippen LogP contribution is -2.16. The van der Waals surface area contributed by atoms with Crippen LogP contribution in [0, 0.1) is 5.41 Å². The lowest BCUT2D eigenvalue weighted by Gasteiger charge is -2.04. The topological polar surface area (TPSA) is 67.7 Å². The van der Waals surface area contributed by atoms with Crippen LogP contribution in [0.5, 0.6) is 0 Å². The second-order valence-corrected chi connectivity index (χ2v) is 3.15. The minimum absolute atomic E-state index is 0.214. The maximum Gasteiger partial charge on any atom is 0.435 e. The van der Waals surface area contributed by atoms with Gasteiger partial charge in [0.15, 0.2) is 5.69 Å². The molecule has 0 bridgehead atoms. The second-order valence-electron chi connectivity index (χ2n) is 3.15. The zero-order valence-corrected chi connectivity index (χ0v) is 8.18. The van der Waals surface area contributed by atoms with E-state index in [-0.39, 0.29) is 18.5 Å². The summed E-state index contributed by atoms with van der Waals surface area (Å²) in [6.07, 6.45) is -3.91. The highest BCUT2D eigenvalue weighted by Crippen LogP contribution is 2.30. The Labute approximate surface area is 88.6 Å². The van der Waals surface area contributed by atoms with Gasteiger partial charge in [-0.2, -0.15) is 18.3 Å². The van der Waals surface area contributed by atoms with Gasteiger partial charge >= 0.3 is 6.18 Å². The van der Waals surface area contributed by atoms with Gasteiger partial charge in [0.2, 0.25) is 0 Å². The summed E-state index contributed by atoms with van der Waals surface area (Å²) in [5.74, 6) is -0.398. The smallest absolute Gasteiger partial charge is 0.387 e. The molecule has 0 amide bonds. The van der Waals surface area contributed by atoms with E-state index in [0.29, 0.717) is 0 Å². The summed E-state index contributed by atoms with van der Waals surface area (Å²) in [6.45, 7) is -1.06. The number of aryl methyl sites for hydroxylation is 1. The first kappa shape index (κ1) is 12.5. The fraction of sp³-hybridized carbons (Fsp3) is 0.500. The number of nitrogens with two attached hydrogens (primary N) is 1. The third-order valence-electron chi connectivity index (χ3n) is 1.80. The maximum atomic E-state index is 12.5. The summed E-state index contributed by atoms with van der Waals surface area (Å²) < 4.78 is 50.2. The molecule has 0 radical (unpaired) electrons. The van der Waals surface area contributed by atoms with Crippen molar-refractivity contribution >= 4 is 5.84 Å². The first-order chi connectivity index (χ1) is 7.34. The number of hydrogen-bond donors (Lipinski definition) is 2. The van der Waals surface area contributed by atoms with Crippen molar-refractivity contribution in [1.29, 1.82) is 5.41 Å². The Morgan fingerprint density at radius 1 is 1.50 bits per heavy atom. The van der Waals surface area contributed by atoms with Gasteiger partial charge in [-0.15, -0.1) is 0 Å². The molecule has 16 heavy (non-hydrogen) atoms. The predicted molar refractivity (Wildman–Crippen MR) is 48.8 cm³/mol. The van der Waals surface area contributed by atoms with Gasteiger partial charge in [-0.05, 0) is 0 Å². The highest BCUT2D eigenvalue weighted by molar-refractivity contribution is 5.79. The summed E-state index contributed by atoms with van der Waals surface area (Å²) in [5.41, 5.74) is 3.70. The van der Waals surface area contributed by atoms with Crippen LogP contribution in [0.25, 0.3) is 0 Å². The Morgan fingerprint density at radius 2 is 2.12 bits per heavy atom. The molecule has 8 heteroatoms. The van der Waals surface area contributed by atoms with E-state index < -0.39 is 24.4 Å². The number of aromatic nitrogens is 2. The molecule has 0 aliphatic heterocycles. The Balaban J connectivity index is 3.07.